The number of ether oxygens (including phenoxy) is 1. The van der Waals surface area contributed by atoms with E-state index in [-0.39, 0.29) is 18.5 Å². The number of nitrogens with one attached hydrogen (secondary N) is 1. The van der Waals surface area contributed by atoms with Crippen molar-refractivity contribution in [2.45, 2.75) is 309 Å². The molecule has 2 atom stereocenters. The number of hydrogen-bond donors (Lipinski definition) is 3. The van der Waals surface area contributed by atoms with Gasteiger partial charge in [0, 0.05) is 12.8 Å². The predicted molar refractivity (Wildman–Crippen MR) is 269 cm³/mol. The van der Waals surface area contributed by atoms with Gasteiger partial charge in [-0.25, -0.2) is 0 Å². The van der Waals surface area contributed by atoms with Crippen LogP contribution in [0.1, 0.15) is 296 Å². The summed E-state index contributed by atoms with van der Waals surface area (Å²) in [6.07, 6.45) is 61.6. The van der Waals surface area contributed by atoms with E-state index in [0.29, 0.717) is 25.9 Å². The second kappa shape index (κ2) is 52.0. The number of allylic oxidation sites excluding steroid dienone is 4. The summed E-state index contributed by atoms with van der Waals surface area (Å²) >= 11 is 0. The van der Waals surface area contributed by atoms with Gasteiger partial charge >= 0.3 is 5.97 Å². The van der Waals surface area contributed by atoms with Crippen molar-refractivity contribution in [2.24, 2.45) is 0 Å². The Bertz CT molecular complexity index is 966. The zero-order valence-corrected chi connectivity index (χ0v) is 41.6. The molecule has 62 heavy (non-hydrogen) atoms. The molecule has 0 aliphatic rings. The van der Waals surface area contributed by atoms with Crippen LogP contribution < -0.4 is 5.32 Å². The van der Waals surface area contributed by atoms with Gasteiger partial charge in [-0.1, -0.05) is 237 Å². The molecule has 0 aliphatic carbocycles. The summed E-state index contributed by atoms with van der Waals surface area (Å²) in [6.45, 7) is 4.87. The van der Waals surface area contributed by atoms with Crippen molar-refractivity contribution in [1.82, 2.24) is 5.32 Å². The lowest BCUT2D eigenvalue weighted by Crippen LogP contribution is -2.45. The van der Waals surface area contributed by atoms with Gasteiger partial charge in [-0.2, -0.15) is 0 Å². The Balaban J connectivity index is 3.52. The number of carbonyl (C=O) groups is 2. The highest BCUT2D eigenvalue weighted by atomic mass is 16.5. The zero-order valence-electron chi connectivity index (χ0n) is 41.6. The summed E-state index contributed by atoms with van der Waals surface area (Å²) in [4.78, 5) is 24.5. The van der Waals surface area contributed by atoms with Gasteiger partial charge in [0.2, 0.25) is 5.91 Å². The number of amides is 1. The maximum Gasteiger partial charge on any atom is 0.305 e. The molecule has 0 aromatic carbocycles. The molecule has 0 bridgehead atoms. The van der Waals surface area contributed by atoms with E-state index < -0.39 is 12.1 Å². The molecule has 0 aromatic heterocycles. The molecule has 0 aromatic rings. The van der Waals surface area contributed by atoms with E-state index in [1.807, 2.05) is 0 Å². The molecule has 2 unspecified atom stereocenters. The first-order chi connectivity index (χ1) is 30.5. The molecule has 366 valence electrons. The Morgan fingerprint density at radius 1 is 0.435 bits per heavy atom. The van der Waals surface area contributed by atoms with Crippen LogP contribution in [-0.4, -0.2) is 47.4 Å². The lowest BCUT2D eigenvalue weighted by Gasteiger charge is -2.22. The largest absolute Gasteiger partial charge is 0.466 e. The maximum atomic E-state index is 12.5. The second-order valence-corrected chi connectivity index (χ2v) is 18.9. The fraction of sp³-hybridized carbons (Fsp3) is 0.893. The van der Waals surface area contributed by atoms with Crippen LogP contribution in [0.4, 0.5) is 0 Å². The summed E-state index contributed by atoms with van der Waals surface area (Å²) in [5, 5.41) is 23.2. The van der Waals surface area contributed by atoms with Gasteiger partial charge < -0.3 is 20.3 Å². The minimum atomic E-state index is -0.696. The Morgan fingerprint density at radius 2 is 0.774 bits per heavy atom. The van der Waals surface area contributed by atoms with Crippen LogP contribution in [0, 0.1) is 0 Å². The first kappa shape index (κ1) is 60.3. The minimum Gasteiger partial charge on any atom is -0.466 e. The van der Waals surface area contributed by atoms with Crippen molar-refractivity contribution < 1.29 is 24.5 Å². The highest BCUT2D eigenvalue weighted by Gasteiger charge is 2.20. The van der Waals surface area contributed by atoms with Gasteiger partial charge in [0.15, 0.2) is 0 Å². The lowest BCUT2D eigenvalue weighted by molar-refractivity contribution is -0.143. The molecule has 0 saturated carbocycles. The molecular weight excluding hydrogens is 767 g/mol. The summed E-state index contributed by atoms with van der Waals surface area (Å²) < 4.78 is 5.45. The Kier molecular flexibility index (Phi) is 50.6. The highest BCUT2D eigenvalue weighted by molar-refractivity contribution is 5.76. The number of rotatable bonds is 51. The quantitative estimate of drug-likeness (QED) is 0.0321. The van der Waals surface area contributed by atoms with Crippen LogP contribution >= 0.6 is 0 Å². The van der Waals surface area contributed by atoms with Crippen LogP contribution in [0.5, 0.6) is 0 Å². The highest BCUT2D eigenvalue weighted by Crippen LogP contribution is 2.17. The fourth-order valence-electron chi connectivity index (χ4n) is 8.46. The third kappa shape index (κ3) is 47.8. The maximum absolute atomic E-state index is 12.5. The monoisotopic (exact) mass is 874 g/mol. The topological polar surface area (TPSA) is 95.9 Å². The first-order valence-corrected chi connectivity index (χ1v) is 27.6. The zero-order chi connectivity index (χ0) is 45.1. The van der Waals surface area contributed by atoms with Crippen molar-refractivity contribution in [1.29, 1.82) is 0 Å². The molecule has 0 aliphatic heterocycles. The molecule has 6 nitrogen and oxygen atoms in total. The van der Waals surface area contributed by atoms with E-state index in [0.717, 1.165) is 70.6 Å². The van der Waals surface area contributed by atoms with Gasteiger partial charge in [0.25, 0.3) is 0 Å². The van der Waals surface area contributed by atoms with Crippen molar-refractivity contribution in [3.8, 4) is 0 Å². The molecule has 1 amide bonds. The molecule has 0 rings (SSSR count). The van der Waals surface area contributed by atoms with Gasteiger partial charge in [0.05, 0.1) is 25.4 Å². The SMILES string of the molecule is CCCCCCCCC/C=C\CCCCCCCCCC(=O)OCCCCCC/C=C\CCCC(=O)NC(CO)C(O)CCCCCCCCCCCCCCCCCCCC. The van der Waals surface area contributed by atoms with Crippen molar-refractivity contribution in [3.05, 3.63) is 24.3 Å². The Hall–Kier alpha value is -1.66. The number of aliphatic hydroxyl groups is 2. The van der Waals surface area contributed by atoms with E-state index in [4.69, 9.17) is 4.74 Å². The standard InChI is InChI=1S/C56H107NO5/c1-3-5-7-9-11-13-15-17-19-21-23-25-27-29-32-36-40-44-48-54(59)53(52-58)57-55(60)49-45-41-37-33-31-35-39-43-47-51-62-56(61)50-46-42-38-34-30-28-26-24-22-20-18-16-14-12-10-8-6-4-2/h20,22,33,37,53-54,58-59H,3-19,21,23-32,34-36,38-52H2,1-2H3,(H,57,60)/b22-20-,37-33-. The summed E-state index contributed by atoms with van der Waals surface area (Å²) in [6, 6.07) is -0.579. The van der Waals surface area contributed by atoms with Crippen LogP contribution in [0.3, 0.4) is 0 Å². The number of aliphatic hydroxyl groups excluding tert-OH is 2. The second-order valence-electron chi connectivity index (χ2n) is 18.9. The van der Waals surface area contributed by atoms with E-state index in [9.17, 15) is 19.8 Å². The van der Waals surface area contributed by atoms with Gasteiger partial charge in [0.1, 0.15) is 0 Å². The van der Waals surface area contributed by atoms with Crippen molar-refractivity contribution >= 4 is 11.9 Å². The van der Waals surface area contributed by atoms with Crippen molar-refractivity contribution in [2.75, 3.05) is 13.2 Å². The third-order valence-electron chi connectivity index (χ3n) is 12.7. The van der Waals surface area contributed by atoms with Crippen LogP contribution in [0.25, 0.3) is 0 Å². The molecule has 0 saturated heterocycles. The van der Waals surface area contributed by atoms with Gasteiger partial charge in [-0.3, -0.25) is 9.59 Å². The van der Waals surface area contributed by atoms with Crippen molar-refractivity contribution in [3.63, 3.8) is 0 Å². The third-order valence-corrected chi connectivity index (χ3v) is 12.7. The molecule has 6 heteroatoms. The lowest BCUT2D eigenvalue weighted by atomic mass is 10.0. The normalized spacial score (nSPS) is 12.8. The predicted octanol–water partition coefficient (Wildman–Crippen LogP) is 16.7. The molecule has 0 fully saturated rings. The van der Waals surface area contributed by atoms with Crippen LogP contribution in [0.15, 0.2) is 24.3 Å². The summed E-state index contributed by atoms with van der Waals surface area (Å²) in [5.74, 6) is -0.132. The average molecular weight is 874 g/mol. The number of carbonyl (C=O) groups excluding carboxylic acids is 2. The van der Waals surface area contributed by atoms with E-state index in [1.165, 1.54) is 193 Å². The first-order valence-electron chi connectivity index (χ1n) is 27.6. The molecule has 0 heterocycles. The molecule has 0 spiro atoms. The van der Waals surface area contributed by atoms with Gasteiger partial charge in [-0.15, -0.1) is 0 Å². The molecule has 0 radical (unpaired) electrons. The molecular formula is C56H107NO5. The minimum absolute atomic E-state index is 0.0381. The fourth-order valence-corrected chi connectivity index (χ4v) is 8.46. The number of hydrogen-bond acceptors (Lipinski definition) is 5. The molecule has 3 N–H and O–H groups in total. The Morgan fingerprint density at radius 3 is 1.18 bits per heavy atom. The van der Waals surface area contributed by atoms with E-state index >= 15 is 0 Å². The number of esters is 1. The van der Waals surface area contributed by atoms with Crippen LogP contribution in [0.2, 0.25) is 0 Å². The van der Waals surface area contributed by atoms with E-state index in [1.54, 1.807) is 0 Å². The summed E-state index contributed by atoms with van der Waals surface area (Å²) in [7, 11) is 0. The smallest absolute Gasteiger partial charge is 0.305 e. The Labute approximate surface area is 386 Å². The van der Waals surface area contributed by atoms with E-state index in [2.05, 4.69) is 43.5 Å². The number of unbranched alkanes of at least 4 members (excludes halogenated alkanes) is 36. The summed E-state index contributed by atoms with van der Waals surface area (Å²) in [5.41, 5.74) is 0. The average Bonchev–Trinajstić information content (AvgIpc) is 3.27. The van der Waals surface area contributed by atoms with Crippen LogP contribution in [-0.2, 0) is 14.3 Å². The van der Waals surface area contributed by atoms with Gasteiger partial charge in [-0.05, 0) is 70.6 Å².